The molecule has 0 bridgehead atoms. The summed E-state index contributed by atoms with van der Waals surface area (Å²) < 4.78 is 2.01. The van der Waals surface area contributed by atoms with E-state index in [4.69, 9.17) is 12.2 Å². The smallest absolute Gasteiger partial charge is 0.169 e. The molecule has 0 N–H and O–H groups in total. The summed E-state index contributed by atoms with van der Waals surface area (Å²) in [4.78, 5) is 1.02. The second-order valence-electron chi connectivity index (χ2n) is 1.83. The second-order valence-corrected chi connectivity index (χ2v) is 2.36. The lowest BCUT2D eigenvalue weighted by atomic mass is 10.3. The highest BCUT2D eigenvalue weighted by Crippen LogP contribution is 1.91. The van der Waals surface area contributed by atoms with Gasteiger partial charge in [-0.3, -0.25) is 0 Å². The van der Waals surface area contributed by atoms with Gasteiger partial charge in [0.05, 0.1) is 6.42 Å². The summed E-state index contributed by atoms with van der Waals surface area (Å²) in [5, 5.41) is 0. The minimum atomic E-state index is 0.919. The van der Waals surface area contributed by atoms with Gasteiger partial charge in [-0.25, -0.2) is 4.58 Å². The van der Waals surface area contributed by atoms with Gasteiger partial charge in [0, 0.05) is 10.9 Å². The first kappa shape index (κ1) is 5.63. The van der Waals surface area contributed by atoms with Crippen LogP contribution in [0.4, 0.5) is 0 Å². The van der Waals surface area contributed by atoms with Gasteiger partial charge in [0.15, 0.2) is 6.20 Å². The third kappa shape index (κ3) is 1.23. The van der Waals surface area contributed by atoms with Gasteiger partial charge in [0.25, 0.3) is 0 Å². The van der Waals surface area contributed by atoms with Crippen molar-refractivity contribution >= 4 is 23.3 Å². The summed E-state index contributed by atoms with van der Waals surface area (Å²) in [6, 6.07) is 0. The lowest BCUT2D eigenvalue weighted by Gasteiger charge is -1.94. The Bertz CT molecular complexity index is 165. The van der Waals surface area contributed by atoms with E-state index in [2.05, 4.69) is 6.21 Å². The average Bonchev–Trinajstić information content (AvgIpc) is 1.77. The van der Waals surface area contributed by atoms with Gasteiger partial charge in [-0.1, -0.05) is 12.2 Å². The molecule has 0 aromatic carbocycles. The fourth-order valence-electron chi connectivity index (χ4n) is 0.564. The van der Waals surface area contributed by atoms with Crippen molar-refractivity contribution in [1.29, 1.82) is 0 Å². The Hall–Kier alpha value is -0.500. The van der Waals surface area contributed by atoms with Crippen LogP contribution in [0.2, 0.25) is 0 Å². The van der Waals surface area contributed by atoms with E-state index in [9.17, 15) is 0 Å². The van der Waals surface area contributed by atoms with Crippen LogP contribution in [-0.4, -0.2) is 22.7 Å². The highest BCUT2D eigenvalue weighted by Gasteiger charge is 1.99. The maximum atomic E-state index is 4.91. The number of hydrogen-bond donors (Lipinski definition) is 0. The quantitative estimate of drug-likeness (QED) is 0.345. The van der Waals surface area contributed by atoms with E-state index in [-0.39, 0.29) is 0 Å². The molecule has 1 aliphatic rings. The third-order valence-corrected chi connectivity index (χ3v) is 1.38. The van der Waals surface area contributed by atoms with Gasteiger partial charge in [0.2, 0.25) is 0 Å². The second kappa shape index (κ2) is 2.18. The summed E-state index contributed by atoms with van der Waals surface area (Å²) in [6.45, 7) is 0. The van der Waals surface area contributed by atoms with Gasteiger partial charge in [-0.15, -0.1) is 0 Å². The minimum Gasteiger partial charge on any atom is -0.211 e. The van der Waals surface area contributed by atoms with Gasteiger partial charge < -0.3 is 0 Å². The number of rotatable bonds is 0. The van der Waals surface area contributed by atoms with E-state index in [1.54, 1.807) is 0 Å². The van der Waals surface area contributed by atoms with E-state index < -0.39 is 0 Å². The first-order valence-electron chi connectivity index (χ1n) is 2.55. The van der Waals surface area contributed by atoms with E-state index in [1.165, 1.54) is 0 Å². The summed E-state index contributed by atoms with van der Waals surface area (Å²) in [5.74, 6) is 0. The van der Waals surface area contributed by atoms with Crippen LogP contribution in [0.1, 0.15) is 6.42 Å². The summed E-state index contributed by atoms with van der Waals surface area (Å²) in [7, 11) is 2.00. The summed E-state index contributed by atoms with van der Waals surface area (Å²) in [6.07, 6.45) is 6.89. The molecule has 0 saturated carbocycles. The van der Waals surface area contributed by atoms with Crippen LogP contribution in [0.3, 0.4) is 0 Å². The van der Waals surface area contributed by atoms with E-state index in [0.717, 1.165) is 11.3 Å². The maximum absolute atomic E-state index is 4.91. The van der Waals surface area contributed by atoms with Gasteiger partial charge in [-0.2, -0.15) is 0 Å². The molecule has 0 amide bonds. The zero-order valence-electron chi connectivity index (χ0n) is 4.79. The molecule has 0 aromatic rings. The lowest BCUT2D eigenvalue weighted by molar-refractivity contribution is -0.418. The van der Waals surface area contributed by atoms with E-state index >= 15 is 0 Å². The Kier molecular flexibility index (Phi) is 1.53. The molecule has 42 valence electrons. The van der Waals surface area contributed by atoms with Crippen LogP contribution in [0.25, 0.3) is 0 Å². The molecule has 8 heavy (non-hydrogen) atoms. The third-order valence-electron chi connectivity index (χ3n) is 1.08. The number of allylic oxidation sites excluding steroid dienone is 1. The first-order valence-corrected chi connectivity index (χ1v) is 2.96. The highest BCUT2D eigenvalue weighted by atomic mass is 32.1. The highest BCUT2D eigenvalue weighted by molar-refractivity contribution is 7.80. The predicted molar refractivity (Wildman–Crippen MR) is 38.6 cm³/mol. The molecular weight excluding hydrogens is 118 g/mol. The van der Waals surface area contributed by atoms with Crippen LogP contribution in [0, 0.1) is 0 Å². The molecule has 2 heteroatoms. The van der Waals surface area contributed by atoms with Crippen LogP contribution >= 0.6 is 12.2 Å². The number of hydrogen-bond acceptors (Lipinski definition) is 1. The Morgan fingerprint density at radius 3 is 2.88 bits per heavy atom. The summed E-state index contributed by atoms with van der Waals surface area (Å²) in [5.41, 5.74) is 0. The van der Waals surface area contributed by atoms with Crippen molar-refractivity contribution in [1.82, 2.24) is 0 Å². The lowest BCUT2D eigenvalue weighted by Crippen LogP contribution is -2.07. The minimum absolute atomic E-state index is 0.919. The standard InChI is InChI=1S/C6H8NS/c1-7-4-2-6(8)3-5-7/h2,4-5H,3H2,1H3/q+1. The van der Waals surface area contributed by atoms with Crippen molar-refractivity contribution < 1.29 is 4.58 Å². The van der Waals surface area contributed by atoms with Crippen LogP contribution in [0.5, 0.6) is 0 Å². The molecule has 0 saturated heterocycles. The Balaban J connectivity index is 2.71. The van der Waals surface area contributed by atoms with Gasteiger partial charge >= 0.3 is 0 Å². The monoisotopic (exact) mass is 126 g/mol. The Morgan fingerprint density at radius 2 is 2.50 bits per heavy atom. The fourth-order valence-corrected chi connectivity index (χ4v) is 0.699. The topological polar surface area (TPSA) is 3.01 Å². The first-order chi connectivity index (χ1) is 3.79. The normalized spacial score (nSPS) is 18.6. The van der Waals surface area contributed by atoms with Crippen molar-refractivity contribution in [3.8, 4) is 0 Å². The average molecular weight is 126 g/mol. The molecule has 0 radical (unpaired) electrons. The molecule has 0 unspecified atom stereocenters. The fraction of sp³-hybridized carbons (Fsp3) is 0.333. The van der Waals surface area contributed by atoms with Crippen molar-refractivity contribution in [3.05, 3.63) is 12.3 Å². The van der Waals surface area contributed by atoms with Crippen molar-refractivity contribution in [2.24, 2.45) is 0 Å². The van der Waals surface area contributed by atoms with Gasteiger partial charge in [-0.05, 0) is 0 Å². The van der Waals surface area contributed by atoms with Crippen molar-refractivity contribution in [2.45, 2.75) is 6.42 Å². The van der Waals surface area contributed by atoms with E-state index in [0.29, 0.717) is 0 Å². The zero-order valence-corrected chi connectivity index (χ0v) is 5.61. The molecule has 0 aromatic heterocycles. The van der Waals surface area contributed by atoms with Crippen LogP contribution in [-0.2, 0) is 0 Å². The Labute approximate surface area is 54.3 Å². The molecule has 0 fully saturated rings. The molecule has 1 heterocycles. The van der Waals surface area contributed by atoms with Crippen LogP contribution in [0.15, 0.2) is 12.3 Å². The molecular formula is C6H8NS+. The molecule has 0 spiro atoms. The maximum Gasteiger partial charge on any atom is 0.169 e. The van der Waals surface area contributed by atoms with Crippen molar-refractivity contribution in [2.75, 3.05) is 7.05 Å². The molecule has 0 atom stereocenters. The zero-order chi connectivity index (χ0) is 5.98. The molecule has 1 aliphatic heterocycles. The molecule has 1 nitrogen and oxygen atoms in total. The largest absolute Gasteiger partial charge is 0.211 e. The van der Waals surface area contributed by atoms with E-state index in [1.807, 2.05) is 23.9 Å². The molecule has 1 rings (SSSR count). The van der Waals surface area contributed by atoms with Crippen LogP contribution < -0.4 is 0 Å². The van der Waals surface area contributed by atoms with Gasteiger partial charge in [0.1, 0.15) is 13.3 Å². The number of nitrogens with zero attached hydrogens (tertiary/aromatic N) is 1. The predicted octanol–water partition coefficient (Wildman–Crippen LogP) is 0.987. The SMILES string of the molecule is C[N+]1=CCC(=S)C=C1. The number of thiocarbonyl (C=S) groups is 1. The van der Waals surface area contributed by atoms with Crippen molar-refractivity contribution in [3.63, 3.8) is 0 Å². The Morgan fingerprint density at radius 1 is 1.75 bits per heavy atom. The summed E-state index contributed by atoms with van der Waals surface area (Å²) >= 11 is 4.91. The molecule has 0 aliphatic carbocycles.